The fraction of sp³-hybridized carbons (Fsp3) is 0.235. The number of carbonyl (C=O) groups is 1. The third kappa shape index (κ3) is 2.63. The first kappa shape index (κ1) is 15.0. The Hall–Kier alpha value is -2.89. The summed E-state index contributed by atoms with van der Waals surface area (Å²) in [5.74, 6) is 0.373. The molecule has 0 fully saturated rings. The number of hydrogen-bond acceptors (Lipinski definition) is 4. The van der Waals surface area contributed by atoms with Crippen LogP contribution in [0.15, 0.2) is 34.9 Å². The summed E-state index contributed by atoms with van der Waals surface area (Å²) >= 11 is 0. The van der Waals surface area contributed by atoms with Crippen LogP contribution in [0.2, 0.25) is 0 Å². The number of nitrogens with zero attached hydrogens (tertiary/aromatic N) is 3. The lowest BCUT2D eigenvalue weighted by Gasteiger charge is -2.06. The van der Waals surface area contributed by atoms with Gasteiger partial charge in [0, 0.05) is 0 Å². The van der Waals surface area contributed by atoms with Gasteiger partial charge < -0.3 is 9.84 Å². The van der Waals surface area contributed by atoms with Crippen molar-refractivity contribution >= 4 is 11.6 Å². The molecular weight excluding hydrogens is 292 g/mol. The van der Waals surface area contributed by atoms with Crippen molar-refractivity contribution in [1.29, 1.82) is 0 Å². The Morgan fingerprint density at radius 2 is 1.78 bits per heavy atom. The molecule has 0 saturated carbocycles. The first-order chi connectivity index (χ1) is 11.0. The molecule has 2 aromatic heterocycles. The molecule has 2 heterocycles. The third-order valence-electron chi connectivity index (χ3n) is 3.79. The fourth-order valence-corrected chi connectivity index (χ4v) is 2.63. The van der Waals surface area contributed by atoms with E-state index in [1.54, 1.807) is 18.5 Å². The van der Waals surface area contributed by atoms with Gasteiger partial charge in [-0.2, -0.15) is 5.10 Å². The minimum atomic E-state index is -0.211. The zero-order valence-electron chi connectivity index (χ0n) is 13.5. The number of anilines is 1. The number of hydrogen-bond donors (Lipinski definition) is 1. The molecule has 0 atom stereocenters. The van der Waals surface area contributed by atoms with E-state index in [2.05, 4.69) is 15.6 Å². The first-order valence-electron chi connectivity index (χ1n) is 7.35. The van der Waals surface area contributed by atoms with Crippen molar-refractivity contribution < 1.29 is 9.32 Å². The lowest BCUT2D eigenvalue weighted by Crippen LogP contribution is -2.15. The van der Waals surface area contributed by atoms with Crippen LogP contribution in [0.3, 0.4) is 0 Å². The number of amides is 1. The number of benzene rings is 1. The number of carbonyl (C=O) groups excluding carboxylic acids is 1. The molecule has 3 aromatic rings. The molecule has 3 rings (SSSR count). The van der Waals surface area contributed by atoms with Gasteiger partial charge in [0.1, 0.15) is 11.4 Å². The predicted molar refractivity (Wildman–Crippen MR) is 87.0 cm³/mol. The van der Waals surface area contributed by atoms with Crippen LogP contribution in [0.25, 0.3) is 5.69 Å². The monoisotopic (exact) mass is 310 g/mol. The topological polar surface area (TPSA) is 73.0 Å². The van der Waals surface area contributed by atoms with Crippen molar-refractivity contribution in [2.24, 2.45) is 0 Å². The largest absolute Gasteiger partial charge is 0.359 e. The number of aryl methyl sites for hydroxylation is 3. The standard InChI is InChI=1S/C17H18N4O2/c1-10-15(17(22)18-16-11(2)20-23-13(16)4)12(3)21(19-10)14-8-6-5-7-9-14/h5-9H,1-4H3,(H,18,22). The minimum absolute atomic E-state index is 0.211. The second-order valence-corrected chi connectivity index (χ2v) is 5.45. The van der Waals surface area contributed by atoms with E-state index >= 15 is 0 Å². The van der Waals surface area contributed by atoms with E-state index in [-0.39, 0.29) is 5.91 Å². The van der Waals surface area contributed by atoms with E-state index in [9.17, 15) is 4.79 Å². The van der Waals surface area contributed by atoms with Gasteiger partial charge in [0.2, 0.25) is 0 Å². The molecule has 0 aliphatic carbocycles. The molecule has 23 heavy (non-hydrogen) atoms. The molecule has 1 amide bonds. The maximum atomic E-state index is 12.7. The van der Waals surface area contributed by atoms with Gasteiger partial charge in [0.05, 0.1) is 22.6 Å². The molecule has 1 N–H and O–H groups in total. The Bertz CT molecular complexity index is 843. The van der Waals surface area contributed by atoms with E-state index in [0.29, 0.717) is 28.4 Å². The summed E-state index contributed by atoms with van der Waals surface area (Å²) in [6, 6.07) is 9.73. The quantitative estimate of drug-likeness (QED) is 0.805. The highest BCUT2D eigenvalue weighted by molar-refractivity contribution is 6.06. The van der Waals surface area contributed by atoms with Crippen LogP contribution in [0.4, 0.5) is 5.69 Å². The Morgan fingerprint density at radius 3 is 2.39 bits per heavy atom. The summed E-state index contributed by atoms with van der Waals surface area (Å²) in [7, 11) is 0. The highest BCUT2D eigenvalue weighted by Gasteiger charge is 2.21. The molecule has 0 spiro atoms. The van der Waals surface area contributed by atoms with Gasteiger partial charge in [0.25, 0.3) is 5.91 Å². The summed E-state index contributed by atoms with van der Waals surface area (Å²) in [5, 5.41) is 11.2. The van der Waals surface area contributed by atoms with Crippen molar-refractivity contribution in [3.63, 3.8) is 0 Å². The fourth-order valence-electron chi connectivity index (χ4n) is 2.63. The van der Waals surface area contributed by atoms with Crippen molar-refractivity contribution in [2.45, 2.75) is 27.7 Å². The molecule has 6 nitrogen and oxygen atoms in total. The molecular formula is C17H18N4O2. The summed E-state index contributed by atoms with van der Waals surface area (Å²) < 4.78 is 6.86. The lowest BCUT2D eigenvalue weighted by atomic mass is 10.1. The molecule has 0 unspecified atom stereocenters. The molecule has 0 saturated heterocycles. The second-order valence-electron chi connectivity index (χ2n) is 5.45. The number of rotatable bonds is 3. The zero-order valence-corrected chi connectivity index (χ0v) is 13.5. The molecule has 0 aliphatic heterocycles. The van der Waals surface area contributed by atoms with Crippen LogP contribution in [0, 0.1) is 27.7 Å². The van der Waals surface area contributed by atoms with Crippen molar-refractivity contribution in [3.05, 3.63) is 58.7 Å². The van der Waals surface area contributed by atoms with Crippen LogP contribution in [0.1, 0.15) is 33.2 Å². The smallest absolute Gasteiger partial charge is 0.259 e. The minimum Gasteiger partial charge on any atom is -0.359 e. The van der Waals surface area contributed by atoms with Gasteiger partial charge in [-0.05, 0) is 39.8 Å². The number of nitrogens with one attached hydrogen (secondary N) is 1. The summed E-state index contributed by atoms with van der Waals surface area (Å²) in [5.41, 5.74) is 4.22. The van der Waals surface area contributed by atoms with Gasteiger partial charge in [-0.15, -0.1) is 0 Å². The molecule has 1 aromatic carbocycles. The van der Waals surface area contributed by atoms with Crippen LogP contribution in [-0.2, 0) is 0 Å². The zero-order chi connectivity index (χ0) is 16.6. The maximum absolute atomic E-state index is 12.7. The van der Waals surface area contributed by atoms with Gasteiger partial charge in [-0.25, -0.2) is 4.68 Å². The van der Waals surface area contributed by atoms with Crippen LogP contribution in [0.5, 0.6) is 0 Å². The average molecular weight is 310 g/mol. The Kier molecular flexibility index (Phi) is 3.73. The SMILES string of the molecule is Cc1noc(C)c1NC(=O)c1c(C)nn(-c2ccccc2)c1C. The number of aromatic nitrogens is 3. The van der Waals surface area contributed by atoms with E-state index in [1.165, 1.54) is 0 Å². The average Bonchev–Trinajstić information content (AvgIpc) is 3.01. The maximum Gasteiger partial charge on any atom is 0.259 e. The lowest BCUT2D eigenvalue weighted by molar-refractivity contribution is 0.102. The second kappa shape index (κ2) is 5.72. The molecule has 0 aliphatic rings. The van der Waals surface area contributed by atoms with Gasteiger partial charge in [-0.1, -0.05) is 23.4 Å². The Balaban J connectivity index is 1.98. The van der Waals surface area contributed by atoms with Crippen LogP contribution >= 0.6 is 0 Å². The van der Waals surface area contributed by atoms with E-state index in [0.717, 1.165) is 11.4 Å². The summed E-state index contributed by atoms with van der Waals surface area (Å²) in [6.07, 6.45) is 0. The first-order valence-corrected chi connectivity index (χ1v) is 7.35. The summed E-state index contributed by atoms with van der Waals surface area (Å²) in [4.78, 5) is 12.7. The van der Waals surface area contributed by atoms with Gasteiger partial charge >= 0.3 is 0 Å². The summed E-state index contributed by atoms with van der Waals surface area (Å²) in [6.45, 7) is 7.27. The van der Waals surface area contributed by atoms with Crippen LogP contribution < -0.4 is 5.32 Å². The van der Waals surface area contributed by atoms with E-state index in [1.807, 2.05) is 44.2 Å². The van der Waals surface area contributed by atoms with Gasteiger partial charge in [0.15, 0.2) is 5.76 Å². The van der Waals surface area contributed by atoms with Crippen LogP contribution in [-0.4, -0.2) is 20.8 Å². The Morgan fingerprint density at radius 1 is 1.09 bits per heavy atom. The van der Waals surface area contributed by atoms with Crippen molar-refractivity contribution in [2.75, 3.05) is 5.32 Å². The third-order valence-corrected chi connectivity index (χ3v) is 3.79. The van der Waals surface area contributed by atoms with Gasteiger partial charge in [-0.3, -0.25) is 4.79 Å². The van der Waals surface area contributed by atoms with E-state index < -0.39 is 0 Å². The van der Waals surface area contributed by atoms with Crippen molar-refractivity contribution in [1.82, 2.24) is 14.9 Å². The normalized spacial score (nSPS) is 10.8. The highest BCUT2D eigenvalue weighted by Crippen LogP contribution is 2.22. The molecule has 0 radical (unpaired) electrons. The molecule has 6 heteroatoms. The highest BCUT2D eigenvalue weighted by atomic mass is 16.5. The predicted octanol–water partition coefficient (Wildman–Crippen LogP) is 3.35. The Labute approximate surface area is 134 Å². The van der Waals surface area contributed by atoms with E-state index in [4.69, 9.17) is 4.52 Å². The van der Waals surface area contributed by atoms with Crippen molar-refractivity contribution in [3.8, 4) is 5.69 Å². The number of para-hydroxylation sites is 1. The molecule has 118 valence electrons. The molecule has 0 bridgehead atoms.